The van der Waals surface area contributed by atoms with E-state index >= 15 is 0 Å². The van der Waals surface area contributed by atoms with Crippen LogP contribution in [-0.2, 0) is 4.79 Å². The molecule has 1 amide bonds. The molecule has 7 heteroatoms. The Balaban J connectivity index is 1.86. The normalized spacial score (nSPS) is 10.5. The lowest BCUT2D eigenvalue weighted by atomic mass is 10.3. The number of hydrogen-bond donors (Lipinski definition) is 0. The molecule has 1 aromatic carbocycles. The summed E-state index contributed by atoms with van der Waals surface area (Å²) in [5.41, 5.74) is 0.901. The predicted octanol–water partition coefficient (Wildman–Crippen LogP) is 3.82. The van der Waals surface area contributed by atoms with Crippen molar-refractivity contribution in [1.29, 1.82) is 0 Å². The molecule has 0 aliphatic carbocycles. The van der Waals surface area contributed by atoms with Crippen LogP contribution in [0.15, 0.2) is 83.6 Å². The van der Waals surface area contributed by atoms with E-state index in [0.717, 1.165) is 5.69 Å². The molecule has 0 saturated carbocycles. The van der Waals surface area contributed by atoms with Crippen LogP contribution in [0.5, 0.6) is 0 Å². The lowest BCUT2D eigenvalue weighted by Crippen LogP contribution is -2.32. The van der Waals surface area contributed by atoms with Gasteiger partial charge in [-0.1, -0.05) is 42.1 Å². The Hall–Kier alpha value is -3.06. The monoisotopic (exact) mass is 380 g/mol. The minimum atomic E-state index is -0.0121. The molecular weight excluding hydrogens is 360 g/mol. The Morgan fingerprint density at radius 2 is 1.85 bits per heavy atom. The number of thioether (sulfide) groups is 1. The number of rotatable bonds is 9. The van der Waals surface area contributed by atoms with Crippen LogP contribution in [0.4, 0.5) is 0 Å². The molecule has 3 rings (SSSR count). The van der Waals surface area contributed by atoms with Gasteiger partial charge >= 0.3 is 0 Å². The van der Waals surface area contributed by atoms with Gasteiger partial charge in [-0.3, -0.25) is 9.36 Å². The Morgan fingerprint density at radius 1 is 1.11 bits per heavy atom. The predicted molar refractivity (Wildman–Crippen MR) is 107 cm³/mol. The lowest BCUT2D eigenvalue weighted by molar-refractivity contribution is -0.127. The van der Waals surface area contributed by atoms with Gasteiger partial charge in [-0.05, 0) is 24.3 Å². The van der Waals surface area contributed by atoms with Crippen molar-refractivity contribution >= 4 is 17.7 Å². The quantitative estimate of drug-likeness (QED) is 0.417. The van der Waals surface area contributed by atoms with Gasteiger partial charge in [-0.15, -0.1) is 23.4 Å². The second-order valence-electron chi connectivity index (χ2n) is 5.62. The smallest absolute Gasteiger partial charge is 0.233 e. The topological polar surface area (TPSA) is 64.2 Å². The van der Waals surface area contributed by atoms with E-state index in [9.17, 15) is 4.79 Å². The Bertz CT molecular complexity index is 893. The number of carbonyl (C=O) groups is 1. The molecule has 3 aromatic rings. The maximum absolute atomic E-state index is 12.5. The summed E-state index contributed by atoms with van der Waals surface area (Å²) in [5.74, 6) is 1.44. The highest BCUT2D eigenvalue weighted by molar-refractivity contribution is 7.99. The van der Waals surface area contributed by atoms with Crippen LogP contribution in [0.3, 0.4) is 0 Å². The number of hydrogen-bond acceptors (Lipinski definition) is 5. The summed E-state index contributed by atoms with van der Waals surface area (Å²) >= 11 is 1.34. The van der Waals surface area contributed by atoms with E-state index in [2.05, 4.69) is 23.4 Å². The minimum Gasteiger partial charge on any atom is -0.461 e. The van der Waals surface area contributed by atoms with Gasteiger partial charge in [0.05, 0.1) is 12.0 Å². The summed E-state index contributed by atoms with van der Waals surface area (Å²) in [7, 11) is 0. The molecule has 2 aromatic heterocycles. The summed E-state index contributed by atoms with van der Waals surface area (Å²) < 4.78 is 7.38. The highest BCUT2D eigenvalue weighted by Gasteiger charge is 2.20. The van der Waals surface area contributed by atoms with E-state index in [-0.39, 0.29) is 11.7 Å². The fraction of sp³-hybridized carbons (Fsp3) is 0.150. The van der Waals surface area contributed by atoms with Gasteiger partial charge in [0.25, 0.3) is 0 Å². The molecule has 138 valence electrons. The average molecular weight is 380 g/mol. The van der Waals surface area contributed by atoms with Crippen molar-refractivity contribution < 1.29 is 9.21 Å². The first kappa shape index (κ1) is 18.7. The molecule has 0 bridgehead atoms. The van der Waals surface area contributed by atoms with Crippen molar-refractivity contribution in [1.82, 2.24) is 19.7 Å². The maximum atomic E-state index is 12.5. The van der Waals surface area contributed by atoms with Gasteiger partial charge in [-0.2, -0.15) is 0 Å². The molecule has 0 atom stereocenters. The number of amides is 1. The van der Waals surface area contributed by atoms with Crippen LogP contribution in [0.25, 0.3) is 17.3 Å². The number of furan rings is 1. The summed E-state index contributed by atoms with van der Waals surface area (Å²) in [4.78, 5) is 14.2. The molecule has 0 spiro atoms. The molecule has 0 saturated heterocycles. The molecule has 2 heterocycles. The molecule has 6 nitrogen and oxygen atoms in total. The van der Waals surface area contributed by atoms with Gasteiger partial charge in [-0.25, -0.2) is 0 Å². The highest BCUT2D eigenvalue weighted by atomic mass is 32.2. The number of para-hydroxylation sites is 1. The maximum Gasteiger partial charge on any atom is 0.233 e. The van der Waals surface area contributed by atoms with Gasteiger partial charge < -0.3 is 9.32 Å². The minimum absolute atomic E-state index is 0.0121. The fourth-order valence-corrected chi connectivity index (χ4v) is 3.40. The summed E-state index contributed by atoms with van der Waals surface area (Å²) in [6.45, 7) is 8.36. The van der Waals surface area contributed by atoms with E-state index in [4.69, 9.17) is 4.42 Å². The zero-order valence-corrected chi connectivity index (χ0v) is 15.6. The zero-order valence-electron chi connectivity index (χ0n) is 14.8. The Labute approximate surface area is 162 Å². The van der Waals surface area contributed by atoms with Gasteiger partial charge in [0.1, 0.15) is 0 Å². The van der Waals surface area contributed by atoms with Gasteiger partial charge in [0, 0.05) is 18.8 Å². The van der Waals surface area contributed by atoms with Crippen LogP contribution in [0.2, 0.25) is 0 Å². The first-order chi connectivity index (χ1) is 13.2. The Morgan fingerprint density at radius 3 is 2.48 bits per heavy atom. The third kappa shape index (κ3) is 4.38. The highest BCUT2D eigenvalue weighted by Crippen LogP contribution is 2.28. The molecule has 27 heavy (non-hydrogen) atoms. The van der Waals surface area contributed by atoms with E-state index < -0.39 is 0 Å². The first-order valence-corrected chi connectivity index (χ1v) is 9.40. The standard InChI is InChI=1S/C20H20N4O2S/c1-3-12-23(13-4-2)18(25)15-27-20-22-21-19(17-11-8-14-26-17)24(20)16-9-6-5-7-10-16/h3-11,14H,1-2,12-13,15H2. The largest absolute Gasteiger partial charge is 0.461 e. The summed E-state index contributed by atoms with van der Waals surface area (Å²) in [5, 5.41) is 9.17. The third-order valence-electron chi connectivity index (χ3n) is 3.77. The second kappa shape index (κ2) is 9.05. The second-order valence-corrected chi connectivity index (χ2v) is 6.56. The SMILES string of the molecule is C=CCN(CC=C)C(=O)CSc1nnc(-c2ccco2)n1-c1ccccc1. The third-order valence-corrected chi connectivity index (χ3v) is 4.68. The lowest BCUT2D eigenvalue weighted by Gasteiger charge is -2.18. The van der Waals surface area contributed by atoms with Crippen LogP contribution >= 0.6 is 11.8 Å². The Kier molecular flexibility index (Phi) is 6.27. The van der Waals surface area contributed by atoms with Crippen molar-refractivity contribution in [2.24, 2.45) is 0 Å². The average Bonchev–Trinajstić information content (AvgIpc) is 3.36. The molecular formula is C20H20N4O2S. The van der Waals surface area contributed by atoms with Crippen molar-refractivity contribution in [2.75, 3.05) is 18.8 Å². The molecule has 0 aliphatic rings. The molecule has 0 unspecified atom stereocenters. The number of benzene rings is 1. The van der Waals surface area contributed by atoms with Crippen molar-refractivity contribution in [3.05, 3.63) is 74.0 Å². The van der Waals surface area contributed by atoms with Crippen LogP contribution in [0, 0.1) is 0 Å². The molecule has 0 radical (unpaired) electrons. The fourth-order valence-electron chi connectivity index (χ4n) is 2.55. The molecule has 0 fully saturated rings. The van der Waals surface area contributed by atoms with Crippen molar-refractivity contribution in [3.63, 3.8) is 0 Å². The van der Waals surface area contributed by atoms with Crippen molar-refractivity contribution in [2.45, 2.75) is 5.16 Å². The molecule has 0 N–H and O–H groups in total. The number of carbonyl (C=O) groups excluding carboxylic acids is 1. The first-order valence-electron chi connectivity index (χ1n) is 8.41. The summed E-state index contributed by atoms with van der Waals surface area (Å²) in [6.07, 6.45) is 5.00. The van der Waals surface area contributed by atoms with E-state index in [1.165, 1.54) is 11.8 Å². The zero-order chi connectivity index (χ0) is 19.1. The summed E-state index contributed by atoms with van der Waals surface area (Å²) in [6, 6.07) is 13.4. The van der Waals surface area contributed by atoms with E-state index in [0.29, 0.717) is 29.8 Å². The van der Waals surface area contributed by atoms with Crippen LogP contribution in [0.1, 0.15) is 0 Å². The van der Waals surface area contributed by atoms with Crippen LogP contribution in [-0.4, -0.2) is 44.4 Å². The van der Waals surface area contributed by atoms with Gasteiger partial charge in [0.15, 0.2) is 10.9 Å². The van der Waals surface area contributed by atoms with Gasteiger partial charge in [0.2, 0.25) is 11.7 Å². The molecule has 0 aliphatic heterocycles. The number of aromatic nitrogens is 3. The number of nitrogens with zero attached hydrogens (tertiary/aromatic N) is 4. The van der Waals surface area contributed by atoms with Crippen molar-refractivity contribution in [3.8, 4) is 17.3 Å². The van der Waals surface area contributed by atoms with E-state index in [1.54, 1.807) is 29.4 Å². The van der Waals surface area contributed by atoms with Crippen LogP contribution < -0.4 is 0 Å². The van der Waals surface area contributed by atoms with E-state index in [1.807, 2.05) is 41.0 Å².